The molecule has 1 fully saturated rings. The zero-order chi connectivity index (χ0) is 11.9. The van der Waals surface area contributed by atoms with Gasteiger partial charge in [0.15, 0.2) is 0 Å². The van der Waals surface area contributed by atoms with Gasteiger partial charge < -0.3 is 10.6 Å². The van der Waals surface area contributed by atoms with E-state index in [1.807, 2.05) is 0 Å². The lowest BCUT2D eigenvalue weighted by atomic mass is 9.98. The minimum Gasteiger partial charge on any atom is -0.385 e. The first-order valence-corrected chi connectivity index (χ1v) is 6.92. The predicted molar refractivity (Wildman–Crippen MR) is 74.5 cm³/mol. The standard InChI is InChI=1S/C15H24N2/c1-2-3-13-4-6-15(7-5-13)17-12-14-8-10-16-11-9-14/h4-7,14,16-17H,2-3,8-12H2,1H3. The van der Waals surface area contributed by atoms with Crippen molar-refractivity contribution in [2.75, 3.05) is 25.0 Å². The third kappa shape index (κ3) is 4.04. The van der Waals surface area contributed by atoms with E-state index in [0.717, 1.165) is 12.5 Å². The van der Waals surface area contributed by atoms with Gasteiger partial charge in [-0.25, -0.2) is 0 Å². The van der Waals surface area contributed by atoms with Crippen LogP contribution in [0.5, 0.6) is 0 Å². The zero-order valence-electron chi connectivity index (χ0n) is 10.8. The monoisotopic (exact) mass is 232 g/mol. The van der Waals surface area contributed by atoms with Crippen LogP contribution >= 0.6 is 0 Å². The average molecular weight is 232 g/mol. The first-order valence-electron chi connectivity index (χ1n) is 6.92. The van der Waals surface area contributed by atoms with E-state index in [-0.39, 0.29) is 0 Å². The summed E-state index contributed by atoms with van der Waals surface area (Å²) in [6, 6.07) is 8.92. The molecule has 1 aromatic carbocycles. The highest BCUT2D eigenvalue weighted by molar-refractivity contribution is 5.44. The number of anilines is 1. The molecule has 0 atom stereocenters. The Morgan fingerprint density at radius 2 is 1.88 bits per heavy atom. The van der Waals surface area contributed by atoms with Crippen molar-refractivity contribution in [2.24, 2.45) is 5.92 Å². The Bertz CT molecular complexity index is 312. The maximum absolute atomic E-state index is 3.56. The van der Waals surface area contributed by atoms with Crippen LogP contribution in [0.4, 0.5) is 5.69 Å². The van der Waals surface area contributed by atoms with Crippen LogP contribution in [-0.2, 0) is 6.42 Å². The van der Waals surface area contributed by atoms with Gasteiger partial charge in [-0.05, 0) is 56.0 Å². The molecule has 1 aromatic rings. The maximum Gasteiger partial charge on any atom is 0.0340 e. The molecule has 1 aliphatic rings. The van der Waals surface area contributed by atoms with E-state index in [1.54, 1.807) is 0 Å². The molecular formula is C15H24N2. The Hall–Kier alpha value is -1.02. The fourth-order valence-corrected chi connectivity index (χ4v) is 2.43. The quantitative estimate of drug-likeness (QED) is 0.815. The first kappa shape index (κ1) is 12.4. The number of benzene rings is 1. The van der Waals surface area contributed by atoms with Crippen molar-refractivity contribution in [3.8, 4) is 0 Å². The Kier molecular flexibility index (Phi) is 4.87. The van der Waals surface area contributed by atoms with E-state index in [1.165, 1.54) is 50.0 Å². The van der Waals surface area contributed by atoms with Crippen LogP contribution in [0.2, 0.25) is 0 Å². The second kappa shape index (κ2) is 6.65. The van der Waals surface area contributed by atoms with E-state index in [9.17, 15) is 0 Å². The van der Waals surface area contributed by atoms with Gasteiger partial charge in [-0.15, -0.1) is 0 Å². The van der Waals surface area contributed by atoms with Gasteiger partial charge >= 0.3 is 0 Å². The smallest absolute Gasteiger partial charge is 0.0340 e. The van der Waals surface area contributed by atoms with Crippen LogP contribution in [0.25, 0.3) is 0 Å². The summed E-state index contributed by atoms with van der Waals surface area (Å²) in [6.07, 6.45) is 5.03. The van der Waals surface area contributed by atoms with E-state index in [4.69, 9.17) is 0 Å². The molecule has 0 spiro atoms. The van der Waals surface area contributed by atoms with Crippen LogP contribution in [0.1, 0.15) is 31.7 Å². The van der Waals surface area contributed by atoms with Gasteiger partial charge in [0.2, 0.25) is 0 Å². The van der Waals surface area contributed by atoms with Crippen LogP contribution in [0, 0.1) is 5.92 Å². The third-order valence-corrected chi connectivity index (χ3v) is 3.55. The lowest BCUT2D eigenvalue weighted by Gasteiger charge is -2.23. The van der Waals surface area contributed by atoms with Crippen LogP contribution in [0.3, 0.4) is 0 Å². The molecule has 0 bridgehead atoms. The predicted octanol–water partition coefficient (Wildman–Crippen LogP) is 3.05. The Morgan fingerprint density at radius 3 is 2.53 bits per heavy atom. The molecule has 1 saturated heterocycles. The van der Waals surface area contributed by atoms with Gasteiger partial charge in [0.05, 0.1) is 0 Å². The summed E-state index contributed by atoms with van der Waals surface area (Å²) in [5, 5.41) is 6.96. The van der Waals surface area contributed by atoms with Crippen molar-refractivity contribution >= 4 is 5.69 Å². The van der Waals surface area contributed by atoms with E-state index < -0.39 is 0 Å². The van der Waals surface area contributed by atoms with Crippen molar-refractivity contribution in [2.45, 2.75) is 32.6 Å². The first-order chi connectivity index (χ1) is 8.38. The van der Waals surface area contributed by atoms with Gasteiger partial charge in [-0.3, -0.25) is 0 Å². The summed E-state index contributed by atoms with van der Waals surface area (Å²) in [6.45, 7) is 5.71. The number of nitrogens with one attached hydrogen (secondary N) is 2. The minimum atomic E-state index is 0.839. The molecule has 2 nitrogen and oxygen atoms in total. The summed E-state index contributed by atoms with van der Waals surface area (Å²) in [7, 11) is 0. The highest BCUT2D eigenvalue weighted by atomic mass is 14.9. The summed E-state index contributed by atoms with van der Waals surface area (Å²) < 4.78 is 0. The van der Waals surface area contributed by atoms with Crippen LogP contribution in [0.15, 0.2) is 24.3 Å². The summed E-state index contributed by atoms with van der Waals surface area (Å²) in [5.74, 6) is 0.839. The molecule has 0 aromatic heterocycles. The number of hydrogen-bond donors (Lipinski definition) is 2. The maximum atomic E-state index is 3.56. The second-order valence-corrected chi connectivity index (χ2v) is 5.02. The molecule has 17 heavy (non-hydrogen) atoms. The third-order valence-electron chi connectivity index (χ3n) is 3.55. The number of piperidine rings is 1. The highest BCUT2D eigenvalue weighted by Gasteiger charge is 2.12. The minimum absolute atomic E-state index is 0.839. The van der Waals surface area contributed by atoms with Gasteiger partial charge in [0.25, 0.3) is 0 Å². The van der Waals surface area contributed by atoms with Crippen molar-refractivity contribution in [3.63, 3.8) is 0 Å². The molecule has 0 radical (unpaired) electrons. The van der Waals surface area contributed by atoms with Crippen LogP contribution < -0.4 is 10.6 Å². The van der Waals surface area contributed by atoms with Gasteiger partial charge in [0, 0.05) is 12.2 Å². The fourth-order valence-electron chi connectivity index (χ4n) is 2.43. The Labute approximate surface area is 105 Å². The van der Waals surface area contributed by atoms with Crippen molar-refractivity contribution in [3.05, 3.63) is 29.8 Å². The van der Waals surface area contributed by atoms with Crippen LogP contribution in [-0.4, -0.2) is 19.6 Å². The van der Waals surface area contributed by atoms with Gasteiger partial charge in [0.1, 0.15) is 0 Å². The number of hydrogen-bond acceptors (Lipinski definition) is 2. The molecule has 1 aliphatic heterocycles. The average Bonchev–Trinajstić information content (AvgIpc) is 2.40. The van der Waals surface area contributed by atoms with Crippen molar-refractivity contribution in [1.29, 1.82) is 0 Å². The van der Waals surface area contributed by atoms with Gasteiger partial charge in [-0.2, -0.15) is 0 Å². The molecule has 0 unspecified atom stereocenters. The highest BCUT2D eigenvalue weighted by Crippen LogP contribution is 2.15. The normalized spacial score (nSPS) is 17.0. The van der Waals surface area contributed by atoms with Crippen molar-refractivity contribution in [1.82, 2.24) is 5.32 Å². The van der Waals surface area contributed by atoms with E-state index in [2.05, 4.69) is 41.8 Å². The van der Waals surface area contributed by atoms with E-state index >= 15 is 0 Å². The Balaban J connectivity index is 1.77. The molecule has 94 valence electrons. The number of rotatable bonds is 5. The number of aryl methyl sites for hydroxylation is 1. The molecule has 0 saturated carbocycles. The molecule has 2 heteroatoms. The molecule has 2 rings (SSSR count). The van der Waals surface area contributed by atoms with Crippen molar-refractivity contribution < 1.29 is 0 Å². The molecule has 1 heterocycles. The SMILES string of the molecule is CCCc1ccc(NCC2CCNCC2)cc1. The lowest BCUT2D eigenvalue weighted by molar-refractivity contribution is 0.390. The second-order valence-electron chi connectivity index (χ2n) is 5.02. The summed E-state index contributed by atoms with van der Waals surface area (Å²) >= 11 is 0. The lowest BCUT2D eigenvalue weighted by Crippen LogP contribution is -2.31. The van der Waals surface area contributed by atoms with Gasteiger partial charge in [-0.1, -0.05) is 25.5 Å². The zero-order valence-corrected chi connectivity index (χ0v) is 10.8. The molecule has 0 aliphatic carbocycles. The summed E-state index contributed by atoms with van der Waals surface area (Å²) in [4.78, 5) is 0. The molecule has 0 amide bonds. The molecule has 2 N–H and O–H groups in total. The van der Waals surface area contributed by atoms with E-state index in [0.29, 0.717) is 0 Å². The molecular weight excluding hydrogens is 208 g/mol. The fraction of sp³-hybridized carbons (Fsp3) is 0.600. The topological polar surface area (TPSA) is 24.1 Å². The Morgan fingerprint density at radius 1 is 1.18 bits per heavy atom. The largest absolute Gasteiger partial charge is 0.385 e. The summed E-state index contributed by atoms with van der Waals surface area (Å²) in [5.41, 5.74) is 2.71.